The van der Waals surface area contributed by atoms with Gasteiger partial charge in [0, 0.05) is 7.05 Å². The molecule has 1 aromatic carbocycles. The van der Waals surface area contributed by atoms with Gasteiger partial charge < -0.3 is 4.74 Å². The highest BCUT2D eigenvalue weighted by Crippen LogP contribution is 2.34. The molecule has 0 bridgehead atoms. The van der Waals surface area contributed by atoms with Crippen LogP contribution in [0.5, 0.6) is 0 Å². The molecule has 2 rings (SSSR count). The summed E-state index contributed by atoms with van der Waals surface area (Å²) in [5.74, 6) is -0.244. The van der Waals surface area contributed by atoms with Crippen LogP contribution in [0.15, 0.2) is 24.3 Å². The molecule has 0 aliphatic carbocycles. The largest absolute Gasteiger partial charge is 0.460 e. The molecule has 22 heavy (non-hydrogen) atoms. The average Bonchev–Trinajstić information content (AvgIpc) is 2.77. The monoisotopic (exact) mass is 302 g/mol. The lowest BCUT2D eigenvalue weighted by molar-refractivity contribution is -0.170. The summed E-state index contributed by atoms with van der Waals surface area (Å²) in [4.78, 5) is 17.6. The summed E-state index contributed by atoms with van der Waals surface area (Å²) in [7, 11) is 1.86. The first-order valence-electron chi connectivity index (χ1n) is 7.40. The molecule has 0 unspecified atom stereocenters. The van der Waals surface area contributed by atoms with Gasteiger partial charge in [-0.25, -0.2) is 0 Å². The zero-order chi connectivity index (χ0) is 16.3. The number of ether oxygens (including phenoxy) is 1. The van der Waals surface area contributed by atoms with E-state index in [0.29, 0.717) is 5.56 Å². The first kappa shape index (κ1) is 16.5. The van der Waals surface area contributed by atoms with Gasteiger partial charge in [-0.05, 0) is 44.9 Å². The number of rotatable bonds is 3. The van der Waals surface area contributed by atoms with Crippen molar-refractivity contribution in [2.24, 2.45) is 0 Å². The van der Waals surface area contributed by atoms with Crippen LogP contribution >= 0.6 is 0 Å². The molecule has 118 valence electrons. The normalized spacial score (nSPS) is 22.3. The van der Waals surface area contributed by atoms with Crippen LogP contribution in [0.2, 0.25) is 0 Å². The summed E-state index contributed by atoms with van der Waals surface area (Å²) in [5, 5.41) is 10.6. The van der Waals surface area contributed by atoms with Gasteiger partial charge in [0.1, 0.15) is 5.60 Å². The Morgan fingerprint density at radius 2 is 2.05 bits per heavy atom. The number of hydroxylamine groups is 2. The molecule has 0 amide bonds. The number of hydrogen-bond acceptors (Lipinski definition) is 5. The fraction of sp³-hybridized carbons (Fsp3) is 0.529. The minimum atomic E-state index is -0.478. The van der Waals surface area contributed by atoms with Crippen molar-refractivity contribution in [3.63, 3.8) is 0 Å². The maximum Gasteiger partial charge on any atom is 0.309 e. The van der Waals surface area contributed by atoms with E-state index in [1.807, 2.05) is 40.0 Å². The van der Waals surface area contributed by atoms with Crippen molar-refractivity contribution >= 4 is 5.97 Å². The molecule has 0 spiro atoms. The van der Waals surface area contributed by atoms with Gasteiger partial charge in [-0.1, -0.05) is 12.1 Å². The van der Waals surface area contributed by atoms with E-state index in [1.54, 1.807) is 17.2 Å². The number of carbonyl (C=O) groups excluding carboxylic acids is 1. The van der Waals surface area contributed by atoms with Crippen LogP contribution < -0.4 is 0 Å². The van der Waals surface area contributed by atoms with Crippen LogP contribution in [0.1, 0.15) is 50.8 Å². The van der Waals surface area contributed by atoms with Gasteiger partial charge >= 0.3 is 5.97 Å². The second-order valence-corrected chi connectivity index (χ2v) is 6.55. The third-order valence-corrected chi connectivity index (χ3v) is 3.48. The van der Waals surface area contributed by atoms with Crippen molar-refractivity contribution in [3.05, 3.63) is 35.4 Å². The predicted molar refractivity (Wildman–Crippen MR) is 81.6 cm³/mol. The van der Waals surface area contributed by atoms with Crippen molar-refractivity contribution in [1.82, 2.24) is 5.06 Å². The number of hydrogen-bond donors (Lipinski definition) is 0. The van der Waals surface area contributed by atoms with Crippen molar-refractivity contribution in [2.45, 2.75) is 51.4 Å². The van der Waals surface area contributed by atoms with Gasteiger partial charge in [-0.15, -0.1) is 0 Å². The molecule has 1 aliphatic heterocycles. The molecule has 2 atom stereocenters. The molecule has 0 N–H and O–H groups in total. The van der Waals surface area contributed by atoms with Crippen LogP contribution in [0.25, 0.3) is 0 Å². The lowest BCUT2D eigenvalue weighted by Gasteiger charge is -2.20. The van der Waals surface area contributed by atoms with E-state index in [2.05, 4.69) is 6.07 Å². The Morgan fingerprint density at radius 3 is 2.59 bits per heavy atom. The van der Waals surface area contributed by atoms with E-state index in [4.69, 9.17) is 14.8 Å². The highest BCUT2D eigenvalue weighted by atomic mass is 16.7. The Labute approximate surface area is 131 Å². The Hall–Kier alpha value is -1.90. The van der Waals surface area contributed by atoms with Crippen molar-refractivity contribution in [2.75, 3.05) is 7.05 Å². The zero-order valence-electron chi connectivity index (χ0n) is 13.5. The third kappa shape index (κ3) is 4.30. The summed E-state index contributed by atoms with van der Waals surface area (Å²) in [5.41, 5.74) is 1.23. The average molecular weight is 302 g/mol. The van der Waals surface area contributed by atoms with Crippen LogP contribution in [0.3, 0.4) is 0 Å². The van der Waals surface area contributed by atoms with Gasteiger partial charge in [-0.3, -0.25) is 9.63 Å². The second kappa shape index (κ2) is 6.47. The summed E-state index contributed by atoms with van der Waals surface area (Å²) < 4.78 is 5.33. The molecule has 5 heteroatoms. The first-order valence-corrected chi connectivity index (χ1v) is 7.40. The quantitative estimate of drug-likeness (QED) is 0.803. The number of nitrogens with zero attached hydrogens (tertiary/aromatic N) is 2. The molecule has 1 saturated heterocycles. The van der Waals surface area contributed by atoms with E-state index >= 15 is 0 Å². The van der Waals surface area contributed by atoms with Gasteiger partial charge in [0.05, 0.1) is 30.2 Å². The predicted octanol–water partition coefficient (Wildman–Crippen LogP) is 2.97. The summed E-state index contributed by atoms with van der Waals surface area (Å²) >= 11 is 0. The number of esters is 1. The van der Waals surface area contributed by atoms with E-state index in [1.165, 1.54) is 0 Å². The van der Waals surface area contributed by atoms with Crippen LogP contribution in [-0.2, 0) is 14.4 Å². The van der Waals surface area contributed by atoms with Gasteiger partial charge in [0.25, 0.3) is 0 Å². The standard InChI is InChI=1S/C17H22N2O3/c1-17(2,3)21-16(20)10-14-9-15(19(4)22-14)13-7-5-12(11-18)6-8-13/h5-8,14-15H,9-10H2,1-4H3/t14-,15+/m1/s1. The molecule has 0 saturated carbocycles. The van der Waals surface area contributed by atoms with E-state index < -0.39 is 5.60 Å². The molecular formula is C17H22N2O3. The fourth-order valence-electron chi connectivity index (χ4n) is 2.56. The SMILES string of the molecule is CN1O[C@@H](CC(=O)OC(C)(C)C)C[C@H]1c1ccc(C#N)cc1. The van der Waals surface area contributed by atoms with E-state index in [-0.39, 0.29) is 24.5 Å². The molecule has 1 aromatic rings. The highest BCUT2D eigenvalue weighted by Gasteiger charge is 2.34. The van der Waals surface area contributed by atoms with Gasteiger partial charge in [0.15, 0.2) is 0 Å². The molecule has 1 aliphatic rings. The Kier molecular flexibility index (Phi) is 4.84. The minimum Gasteiger partial charge on any atom is -0.460 e. The molecular weight excluding hydrogens is 280 g/mol. The number of carbonyl (C=O) groups is 1. The number of nitriles is 1. The van der Waals surface area contributed by atoms with Gasteiger partial charge in [-0.2, -0.15) is 10.3 Å². The Bertz CT molecular complexity index is 569. The lowest BCUT2D eigenvalue weighted by atomic mass is 9.99. The molecule has 1 fully saturated rings. The fourth-order valence-corrected chi connectivity index (χ4v) is 2.56. The van der Waals surface area contributed by atoms with Crippen molar-refractivity contribution in [1.29, 1.82) is 5.26 Å². The van der Waals surface area contributed by atoms with Crippen LogP contribution in [0.4, 0.5) is 0 Å². The number of benzene rings is 1. The molecule has 5 nitrogen and oxygen atoms in total. The van der Waals surface area contributed by atoms with Crippen LogP contribution in [-0.4, -0.2) is 29.8 Å². The van der Waals surface area contributed by atoms with E-state index in [0.717, 1.165) is 12.0 Å². The Morgan fingerprint density at radius 1 is 1.41 bits per heavy atom. The van der Waals surface area contributed by atoms with Crippen molar-refractivity contribution in [3.8, 4) is 6.07 Å². The molecule has 0 aromatic heterocycles. The summed E-state index contributed by atoms with van der Waals surface area (Å²) in [6, 6.07) is 9.64. The maximum absolute atomic E-state index is 11.9. The summed E-state index contributed by atoms with van der Waals surface area (Å²) in [6.07, 6.45) is 0.788. The van der Waals surface area contributed by atoms with Crippen molar-refractivity contribution < 1.29 is 14.4 Å². The van der Waals surface area contributed by atoms with Crippen LogP contribution in [0, 0.1) is 11.3 Å². The minimum absolute atomic E-state index is 0.0835. The molecule has 1 heterocycles. The van der Waals surface area contributed by atoms with E-state index in [9.17, 15) is 4.79 Å². The first-order chi connectivity index (χ1) is 10.3. The maximum atomic E-state index is 11.9. The smallest absolute Gasteiger partial charge is 0.309 e. The Balaban J connectivity index is 1.97. The van der Waals surface area contributed by atoms with Gasteiger partial charge in [0.2, 0.25) is 0 Å². The highest BCUT2D eigenvalue weighted by molar-refractivity contribution is 5.70. The summed E-state index contributed by atoms with van der Waals surface area (Å²) in [6.45, 7) is 5.56. The lowest BCUT2D eigenvalue weighted by Crippen LogP contribution is -2.26. The topological polar surface area (TPSA) is 62.6 Å². The third-order valence-electron chi connectivity index (χ3n) is 3.48. The second-order valence-electron chi connectivity index (χ2n) is 6.55. The zero-order valence-corrected chi connectivity index (χ0v) is 13.5. The molecule has 0 radical (unpaired) electrons.